The summed E-state index contributed by atoms with van der Waals surface area (Å²) in [5, 5.41) is 10.8. The van der Waals surface area contributed by atoms with E-state index >= 15 is 0 Å². The zero-order valence-corrected chi connectivity index (χ0v) is 13.6. The van der Waals surface area contributed by atoms with Crippen LogP contribution in [0.25, 0.3) is 0 Å². The average molecular weight is 355 g/mol. The van der Waals surface area contributed by atoms with Crippen molar-refractivity contribution in [3.8, 4) is 0 Å². The number of hydrogen-bond donors (Lipinski definition) is 1. The lowest BCUT2D eigenvalue weighted by Gasteiger charge is -2.38. The van der Waals surface area contributed by atoms with Crippen LogP contribution in [0.4, 0.5) is 5.69 Å². The molecule has 0 aliphatic carbocycles. The summed E-state index contributed by atoms with van der Waals surface area (Å²) < 4.78 is 26.3. The standard InChI is InChI=1S/C10H15ClN4O4S2/c1-13-2-3-14(7(5-12)6-13)21(18,19)9-4-8(15(16)17)10(11)20-9/h4,7H,2-3,5-6,12H2,1H3. The monoisotopic (exact) mass is 354 g/mol. The Balaban J connectivity index is 2.37. The molecule has 1 aliphatic heterocycles. The van der Waals surface area contributed by atoms with E-state index in [1.54, 1.807) is 0 Å². The van der Waals surface area contributed by atoms with Crippen molar-refractivity contribution in [1.82, 2.24) is 9.21 Å². The van der Waals surface area contributed by atoms with Gasteiger partial charge in [-0.25, -0.2) is 8.42 Å². The second-order valence-electron chi connectivity index (χ2n) is 4.75. The number of sulfonamides is 1. The first-order chi connectivity index (χ1) is 9.77. The summed E-state index contributed by atoms with van der Waals surface area (Å²) in [5.41, 5.74) is 5.26. The number of nitrogens with two attached hydrogens (primary N) is 1. The summed E-state index contributed by atoms with van der Waals surface area (Å²) in [5.74, 6) is 0. The molecule has 0 saturated carbocycles. The Morgan fingerprint density at radius 1 is 1.57 bits per heavy atom. The van der Waals surface area contributed by atoms with E-state index in [4.69, 9.17) is 17.3 Å². The molecule has 21 heavy (non-hydrogen) atoms. The first kappa shape index (κ1) is 16.6. The van der Waals surface area contributed by atoms with Gasteiger partial charge in [0.1, 0.15) is 4.21 Å². The number of nitro groups is 1. The molecule has 0 radical (unpaired) electrons. The van der Waals surface area contributed by atoms with E-state index in [0.717, 1.165) is 6.07 Å². The lowest BCUT2D eigenvalue weighted by Crippen LogP contribution is -2.56. The SMILES string of the molecule is CN1CCN(S(=O)(=O)c2cc([N+](=O)[O-])c(Cl)s2)C(CN)C1. The predicted octanol–water partition coefficient (Wildman–Crippen LogP) is 0.573. The molecule has 1 aromatic rings. The summed E-state index contributed by atoms with van der Waals surface area (Å²) in [6, 6.07) is 0.655. The van der Waals surface area contributed by atoms with Crippen LogP contribution in [-0.4, -0.2) is 61.8 Å². The molecule has 1 aliphatic rings. The molecule has 2 heterocycles. The van der Waals surface area contributed by atoms with Crippen LogP contribution in [0.3, 0.4) is 0 Å². The average Bonchev–Trinajstić information content (AvgIpc) is 2.81. The summed E-state index contributed by atoms with van der Waals surface area (Å²) >= 11 is 6.44. The van der Waals surface area contributed by atoms with Gasteiger partial charge < -0.3 is 10.6 Å². The van der Waals surface area contributed by atoms with Gasteiger partial charge in [0, 0.05) is 32.2 Å². The van der Waals surface area contributed by atoms with Crippen LogP contribution in [0.5, 0.6) is 0 Å². The van der Waals surface area contributed by atoms with Gasteiger partial charge in [0.2, 0.25) is 0 Å². The summed E-state index contributed by atoms with van der Waals surface area (Å²) in [6.07, 6.45) is 0. The van der Waals surface area contributed by atoms with Gasteiger partial charge in [-0.3, -0.25) is 10.1 Å². The molecule has 1 atom stereocenters. The third kappa shape index (κ3) is 3.20. The van der Waals surface area contributed by atoms with E-state index in [1.807, 2.05) is 11.9 Å². The number of thiophene rings is 1. The maximum absolute atomic E-state index is 12.6. The summed E-state index contributed by atoms with van der Waals surface area (Å²) in [7, 11) is -1.94. The maximum atomic E-state index is 12.6. The van der Waals surface area contributed by atoms with Crippen molar-refractivity contribution in [1.29, 1.82) is 0 Å². The van der Waals surface area contributed by atoms with E-state index in [-0.39, 0.29) is 21.1 Å². The Kier molecular flexibility index (Phi) is 4.85. The second-order valence-corrected chi connectivity index (χ2v) is 8.52. The Morgan fingerprint density at radius 2 is 2.24 bits per heavy atom. The van der Waals surface area contributed by atoms with Crippen molar-refractivity contribution < 1.29 is 13.3 Å². The lowest BCUT2D eigenvalue weighted by molar-refractivity contribution is -0.384. The van der Waals surface area contributed by atoms with Crippen LogP contribution in [-0.2, 0) is 10.0 Å². The van der Waals surface area contributed by atoms with E-state index in [1.165, 1.54) is 4.31 Å². The van der Waals surface area contributed by atoms with Crippen molar-refractivity contribution in [3.63, 3.8) is 0 Å². The van der Waals surface area contributed by atoms with Gasteiger partial charge in [0.25, 0.3) is 15.7 Å². The highest BCUT2D eigenvalue weighted by Gasteiger charge is 2.37. The highest BCUT2D eigenvalue weighted by atomic mass is 35.5. The number of piperazine rings is 1. The Hall–Kier alpha value is -0.780. The molecule has 0 amide bonds. The number of likely N-dealkylation sites (N-methyl/N-ethyl adjacent to an activating group) is 1. The van der Waals surface area contributed by atoms with Crippen molar-refractivity contribution in [2.75, 3.05) is 33.2 Å². The first-order valence-electron chi connectivity index (χ1n) is 6.11. The fourth-order valence-corrected chi connectivity index (χ4v) is 5.62. The predicted molar refractivity (Wildman–Crippen MR) is 80.2 cm³/mol. The van der Waals surface area contributed by atoms with Crippen LogP contribution in [0, 0.1) is 10.1 Å². The summed E-state index contributed by atoms with van der Waals surface area (Å²) in [6.45, 7) is 1.59. The molecular weight excluding hydrogens is 340 g/mol. The van der Waals surface area contributed by atoms with E-state index in [0.29, 0.717) is 31.0 Å². The maximum Gasteiger partial charge on any atom is 0.300 e. The quantitative estimate of drug-likeness (QED) is 0.625. The number of hydrogen-bond acceptors (Lipinski definition) is 7. The van der Waals surface area contributed by atoms with Gasteiger partial charge in [-0.05, 0) is 7.05 Å². The molecule has 8 nitrogen and oxygen atoms in total. The minimum atomic E-state index is -3.83. The fourth-order valence-electron chi connectivity index (χ4n) is 2.21. The van der Waals surface area contributed by atoms with Crippen LogP contribution in [0.15, 0.2) is 10.3 Å². The van der Waals surface area contributed by atoms with Gasteiger partial charge in [-0.2, -0.15) is 4.31 Å². The largest absolute Gasteiger partial charge is 0.329 e. The van der Waals surface area contributed by atoms with Crippen LogP contribution >= 0.6 is 22.9 Å². The van der Waals surface area contributed by atoms with Gasteiger partial charge in [-0.15, -0.1) is 11.3 Å². The molecule has 118 valence electrons. The number of halogens is 1. The zero-order chi connectivity index (χ0) is 15.8. The molecule has 0 spiro atoms. The van der Waals surface area contributed by atoms with Crippen molar-refractivity contribution in [3.05, 3.63) is 20.5 Å². The van der Waals surface area contributed by atoms with Crippen molar-refractivity contribution in [2.24, 2.45) is 5.73 Å². The minimum Gasteiger partial charge on any atom is -0.329 e. The smallest absolute Gasteiger partial charge is 0.300 e. The fraction of sp³-hybridized carbons (Fsp3) is 0.600. The Labute approximate surface area is 131 Å². The van der Waals surface area contributed by atoms with Crippen LogP contribution < -0.4 is 5.73 Å². The molecule has 2 N–H and O–H groups in total. The van der Waals surface area contributed by atoms with Gasteiger partial charge in [0.05, 0.1) is 11.0 Å². The van der Waals surface area contributed by atoms with Gasteiger partial charge in [0.15, 0.2) is 4.34 Å². The molecule has 0 bridgehead atoms. The highest BCUT2D eigenvalue weighted by Crippen LogP contribution is 2.38. The Morgan fingerprint density at radius 3 is 2.76 bits per heavy atom. The molecule has 1 aromatic heterocycles. The van der Waals surface area contributed by atoms with Crippen molar-refractivity contribution >= 4 is 38.6 Å². The van der Waals surface area contributed by atoms with E-state index < -0.39 is 20.6 Å². The van der Waals surface area contributed by atoms with E-state index in [2.05, 4.69) is 0 Å². The normalized spacial score (nSPS) is 21.6. The van der Waals surface area contributed by atoms with Crippen molar-refractivity contribution in [2.45, 2.75) is 10.3 Å². The number of nitrogens with zero attached hydrogens (tertiary/aromatic N) is 3. The van der Waals surface area contributed by atoms with Crippen LogP contribution in [0.1, 0.15) is 0 Å². The molecule has 1 fully saturated rings. The highest BCUT2D eigenvalue weighted by molar-refractivity contribution is 7.91. The van der Waals surface area contributed by atoms with Crippen LogP contribution in [0.2, 0.25) is 4.34 Å². The van der Waals surface area contributed by atoms with E-state index in [9.17, 15) is 18.5 Å². The topological polar surface area (TPSA) is 110 Å². The zero-order valence-electron chi connectivity index (χ0n) is 11.2. The molecular formula is C10H15ClN4O4S2. The lowest BCUT2D eigenvalue weighted by atomic mass is 10.2. The molecule has 0 aromatic carbocycles. The molecule has 2 rings (SSSR count). The summed E-state index contributed by atoms with van der Waals surface area (Å²) in [4.78, 5) is 12.1. The number of rotatable bonds is 4. The van der Waals surface area contributed by atoms with Gasteiger partial charge in [-0.1, -0.05) is 11.6 Å². The Bertz CT molecular complexity index is 647. The molecule has 11 heteroatoms. The molecule has 1 unspecified atom stereocenters. The third-order valence-electron chi connectivity index (χ3n) is 3.31. The minimum absolute atomic E-state index is 0.123. The molecule has 1 saturated heterocycles. The second kappa shape index (κ2) is 6.15. The third-order valence-corrected chi connectivity index (χ3v) is 7.05. The first-order valence-corrected chi connectivity index (χ1v) is 8.75. The van der Waals surface area contributed by atoms with Gasteiger partial charge >= 0.3 is 0 Å².